The second kappa shape index (κ2) is 4.24. The Morgan fingerprint density at radius 1 is 1.58 bits per heavy atom. The van der Waals surface area contributed by atoms with Crippen molar-refractivity contribution in [1.29, 1.82) is 0 Å². The molecule has 1 aliphatic rings. The molecular weight excluding hydrogens is 248 g/mol. The van der Waals surface area contributed by atoms with Crippen molar-refractivity contribution in [2.75, 3.05) is 7.05 Å². The highest BCUT2D eigenvalue weighted by molar-refractivity contribution is 5.74. The second-order valence-corrected chi connectivity index (χ2v) is 5.01. The van der Waals surface area contributed by atoms with Crippen LogP contribution in [0.15, 0.2) is 27.4 Å². The zero-order chi connectivity index (χ0) is 13.6. The summed E-state index contributed by atoms with van der Waals surface area (Å²) in [6.07, 6.45) is 0.705. The third-order valence-corrected chi connectivity index (χ3v) is 3.56. The first kappa shape index (κ1) is 12.0. The molecule has 6 nitrogen and oxygen atoms in total. The number of nitrogens with one attached hydrogen (secondary N) is 1. The van der Waals surface area contributed by atoms with E-state index in [0.717, 1.165) is 5.56 Å². The number of aliphatic carboxylic acids is 1. The Kier molecular flexibility index (Phi) is 2.67. The van der Waals surface area contributed by atoms with Crippen LogP contribution in [0.4, 0.5) is 0 Å². The Hall–Kier alpha value is -2.08. The Morgan fingerprint density at radius 2 is 2.37 bits per heavy atom. The van der Waals surface area contributed by atoms with Crippen molar-refractivity contribution in [2.24, 2.45) is 5.92 Å². The normalized spacial score (nSPS) is 22.0. The van der Waals surface area contributed by atoms with Gasteiger partial charge in [0.1, 0.15) is 0 Å². The van der Waals surface area contributed by atoms with Crippen LogP contribution in [0.5, 0.6) is 0 Å². The van der Waals surface area contributed by atoms with Gasteiger partial charge in [-0.05, 0) is 31.2 Å². The second-order valence-electron chi connectivity index (χ2n) is 5.01. The predicted octanol–water partition coefficient (Wildman–Crippen LogP) is 1.03. The fourth-order valence-corrected chi connectivity index (χ4v) is 2.44. The van der Waals surface area contributed by atoms with Crippen molar-refractivity contribution in [3.8, 4) is 0 Å². The molecule has 1 aromatic carbocycles. The molecule has 0 spiro atoms. The molecule has 1 aliphatic carbocycles. The van der Waals surface area contributed by atoms with E-state index in [1.165, 1.54) is 0 Å². The van der Waals surface area contributed by atoms with Crippen LogP contribution < -0.4 is 5.76 Å². The summed E-state index contributed by atoms with van der Waals surface area (Å²) in [7, 11) is 1.91. The van der Waals surface area contributed by atoms with E-state index in [1.54, 1.807) is 6.07 Å². The highest BCUT2D eigenvalue weighted by atomic mass is 16.4. The molecule has 2 atom stereocenters. The van der Waals surface area contributed by atoms with Crippen LogP contribution in [0.25, 0.3) is 11.1 Å². The van der Waals surface area contributed by atoms with E-state index in [1.807, 2.05) is 24.1 Å². The third kappa shape index (κ3) is 2.26. The standard InChI is InChI=1S/C13H14N2O4/c1-15(10-5-8(10)12(16)17)6-7-2-3-11-9(4-7)14-13(18)19-11/h2-4,8,10H,5-6H2,1H3,(H,14,18)(H,16,17). The maximum Gasteiger partial charge on any atom is 0.417 e. The molecule has 0 saturated heterocycles. The van der Waals surface area contributed by atoms with Crippen molar-refractivity contribution in [3.05, 3.63) is 34.3 Å². The Balaban J connectivity index is 1.74. The lowest BCUT2D eigenvalue weighted by Gasteiger charge is -2.16. The number of hydrogen-bond donors (Lipinski definition) is 2. The van der Waals surface area contributed by atoms with E-state index in [2.05, 4.69) is 4.98 Å². The number of aromatic nitrogens is 1. The van der Waals surface area contributed by atoms with Gasteiger partial charge in [-0.25, -0.2) is 4.79 Å². The number of oxazole rings is 1. The molecule has 2 N–H and O–H groups in total. The number of nitrogens with zero attached hydrogens (tertiary/aromatic N) is 1. The molecule has 2 aromatic rings. The number of fused-ring (bicyclic) bond motifs is 1. The number of carboxylic acid groups (broad SMARTS) is 1. The maximum absolute atomic E-state index is 11.1. The Bertz CT molecular complexity index is 687. The van der Waals surface area contributed by atoms with Crippen LogP contribution in [0.1, 0.15) is 12.0 Å². The van der Waals surface area contributed by atoms with Crippen LogP contribution in [-0.4, -0.2) is 34.0 Å². The Morgan fingerprint density at radius 3 is 3.05 bits per heavy atom. The summed E-state index contributed by atoms with van der Waals surface area (Å²) in [5.41, 5.74) is 2.22. The lowest BCUT2D eigenvalue weighted by molar-refractivity contribution is -0.138. The molecule has 2 unspecified atom stereocenters. The first-order chi connectivity index (χ1) is 9.04. The molecule has 6 heteroatoms. The molecule has 19 heavy (non-hydrogen) atoms. The number of rotatable bonds is 4. The third-order valence-electron chi connectivity index (χ3n) is 3.56. The minimum absolute atomic E-state index is 0.108. The maximum atomic E-state index is 11.1. The number of carbonyl (C=O) groups is 1. The summed E-state index contributed by atoms with van der Waals surface area (Å²) in [4.78, 5) is 26.5. The number of hydrogen-bond acceptors (Lipinski definition) is 4. The Labute approximate surface area is 108 Å². The molecule has 0 aliphatic heterocycles. The summed E-state index contributed by atoms with van der Waals surface area (Å²) in [5.74, 6) is -1.44. The molecule has 0 radical (unpaired) electrons. The SMILES string of the molecule is CN(Cc1ccc2oc(=O)[nH]c2c1)C1CC1C(=O)O. The number of carboxylic acids is 1. The zero-order valence-electron chi connectivity index (χ0n) is 10.4. The highest BCUT2D eigenvalue weighted by Gasteiger charge is 2.45. The van der Waals surface area contributed by atoms with Gasteiger partial charge in [0.15, 0.2) is 5.58 Å². The number of aromatic amines is 1. The van der Waals surface area contributed by atoms with Gasteiger partial charge in [0.2, 0.25) is 0 Å². The smallest absolute Gasteiger partial charge is 0.417 e. The van der Waals surface area contributed by atoms with Gasteiger partial charge in [-0.2, -0.15) is 0 Å². The first-order valence-corrected chi connectivity index (χ1v) is 6.09. The monoisotopic (exact) mass is 262 g/mol. The molecule has 3 rings (SSSR count). The molecule has 1 heterocycles. The minimum Gasteiger partial charge on any atom is -0.481 e. The van der Waals surface area contributed by atoms with Crippen molar-refractivity contribution in [1.82, 2.24) is 9.88 Å². The van der Waals surface area contributed by atoms with Crippen molar-refractivity contribution < 1.29 is 14.3 Å². The average molecular weight is 262 g/mol. The average Bonchev–Trinajstić information content (AvgIpc) is 3.06. The van der Waals surface area contributed by atoms with Crippen molar-refractivity contribution in [3.63, 3.8) is 0 Å². The summed E-state index contributed by atoms with van der Waals surface area (Å²) in [6, 6.07) is 5.59. The fourth-order valence-electron chi connectivity index (χ4n) is 2.44. The summed E-state index contributed by atoms with van der Waals surface area (Å²) < 4.78 is 4.93. The van der Waals surface area contributed by atoms with Gasteiger partial charge >= 0.3 is 11.7 Å². The van der Waals surface area contributed by atoms with Gasteiger partial charge in [0.25, 0.3) is 0 Å². The van der Waals surface area contributed by atoms with E-state index >= 15 is 0 Å². The fraction of sp³-hybridized carbons (Fsp3) is 0.385. The van der Waals surface area contributed by atoms with E-state index in [0.29, 0.717) is 24.1 Å². The van der Waals surface area contributed by atoms with Gasteiger partial charge in [0, 0.05) is 12.6 Å². The van der Waals surface area contributed by atoms with E-state index in [-0.39, 0.29) is 12.0 Å². The van der Waals surface area contributed by atoms with Gasteiger partial charge in [-0.15, -0.1) is 0 Å². The predicted molar refractivity (Wildman–Crippen MR) is 67.8 cm³/mol. The molecule has 0 amide bonds. The van der Waals surface area contributed by atoms with Crippen LogP contribution >= 0.6 is 0 Å². The summed E-state index contributed by atoms with van der Waals surface area (Å²) in [5, 5.41) is 8.90. The van der Waals surface area contributed by atoms with Gasteiger partial charge < -0.3 is 9.52 Å². The van der Waals surface area contributed by atoms with Crippen molar-refractivity contribution >= 4 is 17.1 Å². The van der Waals surface area contributed by atoms with Crippen LogP contribution in [0.2, 0.25) is 0 Å². The topological polar surface area (TPSA) is 86.5 Å². The van der Waals surface area contributed by atoms with Gasteiger partial charge in [-0.3, -0.25) is 14.7 Å². The lowest BCUT2D eigenvalue weighted by atomic mass is 10.2. The van der Waals surface area contributed by atoms with Gasteiger partial charge in [-0.1, -0.05) is 6.07 Å². The number of benzene rings is 1. The molecule has 100 valence electrons. The van der Waals surface area contributed by atoms with E-state index < -0.39 is 11.7 Å². The zero-order valence-corrected chi connectivity index (χ0v) is 10.4. The molecule has 1 fully saturated rings. The van der Waals surface area contributed by atoms with Crippen LogP contribution in [0.3, 0.4) is 0 Å². The largest absolute Gasteiger partial charge is 0.481 e. The molecule has 1 aromatic heterocycles. The molecular formula is C13H14N2O4. The van der Waals surface area contributed by atoms with E-state index in [9.17, 15) is 9.59 Å². The van der Waals surface area contributed by atoms with Gasteiger partial charge in [0.05, 0.1) is 11.4 Å². The summed E-state index contributed by atoms with van der Waals surface area (Å²) in [6.45, 7) is 0.650. The minimum atomic E-state index is -0.730. The summed E-state index contributed by atoms with van der Waals surface area (Å²) >= 11 is 0. The quantitative estimate of drug-likeness (QED) is 0.859. The van der Waals surface area contributed by atoms with Crippen molar-refractivity contribution in [2.45, 2.75) is 19.0 Å². The molecule has 1 saturated carbocycles. The van der Waals surface area contributed by atoms with Crippen LogP contribution in [0, 0.1) is 5.92 Å². The first-order valence-electron chi connectivity index (χ1n) is 6.09. The number of H-pyrrole nitrogens is 1. The van der Waals surface area contributed by atoms with Crippen LogP contribution in [-0.2, 0) is 11.3 Å². The lowest BCUT2D eigenvalue weighted by Crippen LogP contribution is -2.23. The highest BCUT2D eigenvalue weighted by Crippen LogP contribution is 2.35. The van der Waals surface area contributed by atoms with E-state index in [4.69, 9.17) is 9.52 Å². The molecule has 0 bridgehead atoms.